The average Bonchev–Trinajstić information content (AvgIpc) is 3.25. The molecule has 0 aliphatic carbocycles. The molecule has 0 aliphatic rings. The highest BCUT2D eigenvalue weighted by Crippen LogP contribution is 2.23. The van der Waals surface area contributed by atoms with E-state index >= 15 is 0 Å². The van der Waals surface area contributed by atoms with E-state index in [9.17, 15) is 4.79 Å². The first kappa shape index (κ1) is 21.0. The maximum Gasteiger partial charge on any atom is 0.256 e. The first-order chi connectivity index (χ1) is 15.7. The lowest BCUT2D eigenvalue weighted by molar-refractivity contribution is 0.0941. The molecule has 0 spiro atoms. The van der Waals surface area contributed by atoms with Crippen LogP contribution in [-0.2, 0) is 0 Å². The fourth-order valence-corrected chi connectivity index (χ4v) is 3.02. The second kappa shape index (κ2) is 9.73. The van der Waals surface area contributed by atoms with Gasteiger partial charge in [0, 0.05) is 17.8 Å². The largest absolute Gasteiger partial charge is 0.497 e. The number of amides is 1. The van der Waals surface area contributed by atoms with Gasteiger partial charge in [-0.2, -0.15) is 4.52 Å². The van der Waals surface area contributed by atoms with Crippen molar-refractivity contribution in [3.05, 3.63) is 60.3 Å². The number of carbonyl (C=O) groups excluding carboxylic acids is 1. The summed E-state index contributed by atoms with van der Waals surface area (Å²) in [5, 5.41) is 15.6. The van der Waals surface area contributed by atoms with Gasteiger partial charge in [0.25, 0.3) is 5.91 Å². The number of pyridine rings is 1. The van der Waals surface area contributed by atoms with Gasteiger partial charge in [-0.1, -0.05) is 12.1 Å². The summed E-state index contributed by atoms with van der Waals surface area (Å²) < 4.78 is 18.0. The van der Waals surface area contributed by atoms with Crippen molar-refractivity contribution in [2.75, 3.05) is 26.9 Å². The molecule has 32 heavy (non-hydrogen) atoms. The van der Waals surface area contributed by atoms with Gasteiger partial charge in [0.1, 0.15) is 17.9 Å². The molecular formula is C22H22N6O4. The molecule has 0 saturated heterocycles. The van der Waals surface area contributed by atoms with Crippen LogP contribution >= 0.6 is 0 Å². The van der Waals surface area contributed by atoms with Crippen LogP contribution in [0.15, 0.2) is 54.7 Å². The molecule has 0 unspecified atom stereocenters. The third kappa shape index (κ3) is 4.59. The highest BCUT2D eigenvalue weighted by atomic mass is 16.5. The summed E-state index contributed by atoms with van der Waals surface area (Å²) in [6.45, 7) is 2.77. The zero-order chi connectivity index (χ0) is 22.3. The molecule has 0 atom stereocenters. The van der Waals surface area contributed by atoms with Crippen LogP contribution in [0.2, 0.25) is 0 Å². The molecule has 10 nitrogen and oxygen atoms in total. The highest BCUT2D eigenvalue weighted by molar-refractivity contribution is 5.96. The monoisotopic (exact) mass is 434 g/mol. The molecule has 4 rings (SSSR count). The number of benzene rings is 1. The highest BCUT2D eigenvalue weighted by Gasteiger charge is 2.14. The van der Waals surface area contributed by atoms with Gasteiger partial charge < -0.3 is 19.5 Å². The van der Waals surface area contributed by atoms with Crippen LogP contribution < -0.4 is 19.5 Å². The maximum atomic E-state index is 12.4. The molecule has 10 heteroatoms. The lowest BCUT2D eigenvalue weighted by atomic mass is 10.2. The summed E-state index contributed by atoms with van der Waals surface area (Å²) in [7, 11) is 1.61. The van der Waals surface area contributed by atoms with Crippen LogP contribution in [0, 0.1) is 0 Å². The van der Waals surface area contributed by atoms with Crippen LogP contribution in [0.1, 0.15) is 17.3 Å². The van der Waals surface area contributed by atoms with Gasteiger partial charge in [-0.05, 0) is 37.3 Å². The van der Waals surface area contributed by atoms with E-state index in [1.54, 1.807) is 42.1 Å². The van der Waals surface area contributed by atoms with Crippen molar-refractivity contribution in [1.29, 1.82) is 0 Å². The predicted molar refractivity (Wildman–Crippen MR) is 116 cm³/mol. The first-order valence-electron chi connectivity index (χ1n) is 10.0. The van der Waals surface area contributed by atoms with E-state index in [1.165, 1.54) is 0 Å². The number of ether oxygens (including phenoxy) is 3. The second-order valence-electron chi connectivity index (χ2n) is 6.59. The third-order valence-electron chi connectivity index (χ3n) is 4.50. The Morgan fingerprint density at radius 1 is 1.09 bits per heavy atom. The molecule has 164 valence electrons. The molecule has 1 aromatic carbocycles. The van der Waals surface area contributed by atoms with Crippen molar-refractivity contribution in [2.45, 2.75) is 6.92 Å². The Kier molecular flexibility index (Phi) is 6.40. The minimum absolute atomic E-state index is 0.227. The fourth-order valence-electron chi connectivity index (χ4n) is 3.02. The van der Waals surface area contributed by atoms with Gasteiger partial charge in [0.15, 0.2) is 11.5 Å². The third-order valence-corrected chi connectivity index (χ3v) is 4.50. The van der Waals surface area contributed by atoms with Crippen molar-refractivity contribution < 1.29 is 19.0 Å². The summed E-state index contributed by atoms with van der Waals surface area (Å²) in [6, 6.07) is 14.3. The molecular weight excluding hydrogens is 412 g/mol. The Morgan fingerprint density at radius 3 is 2.84 bits per heavy atom. The summed E-state index contributed by atoms with van der Waals surface area (Å²) in [5.41, 5.74) is 1.78. The number of rotatable bonds is 9. The van der Waals surface area contributed by atoms with Gasteiger partial charge in [-0.25, -0.2) is 4.98 Å². The number of aromatic nitrogens is 5. The quantitative estimate of drug-likeness (QED) is 0.400. The Morgan fingerprint density at radius 2 is 2.00 bits per heavy atom. The predicted octanol–water partition coefficient (Wildman–Crippen LogP) is 2.40. The van der Waals surface area contributed by atoms with Crippen molar-refractivity contribution >= 4 is 11.6 Å². The number of carbonyl (C=O) groups is 1. The van der Waals surface area contributed by atoms with E-state index in [-0.39, 0.29) is 19.1 Å². The van der Waals surface area contributed by atoms with Crippen LogP contribution in [0.4, 0.5) is 0 Å². The maximum absolute atomic E-state index is 12.4. The smallest absolute Gasteiger partial charge is 0.256 e. The number of fused-ring (bicyclic) bond motifs is 1. The number of nitrogens with one attached hydrogen (secondary N) is 1. The van der Waals surface area contributed by atoms with E-state index in [4.69, 9.17) is 14.2 Å². The lowest BCUT2D eigenvalue weighted by Crippen LogP contribution is -2.28. The summed E-state index contributed by atoms with van der Waals surface area (Å²) in [5.74, 6) is 1.68. The average molecular weight is 434 g/mol. The number of hydrogen-bond acceptors (Lipinski definition) is 8. The van der Waals surface area contributed by atoms with Crippen molar-refractivity contribution in [3.8, 4) is 28.9 Å². The topological polar surface area (TPSA) is 113 Å². The molecule has 0 bridgehead atoms. The van der Waals surface area contributed by atoms with E-state index in [0.29, 0.717) is 41.2 Å². The van der Waals surface area contributed by atoms with Gasteiger partial charge in [-0.15, -0.1) is 15.3 Å². The molecule has 1 N–H and O–H groups in total. The second-order valence-corrected chi connectivity index (χ2v) is 6.59. The minimum Gasteiger partial charge on any atom is -0.497 e. The van der Waals surface area contributed by atoms with E-state index < -0.39 is 0 Å². The normalized spacial score (nSPS) is 10.7. The molecule has 0 fully saturated rings. The van der Waals surface area contributed by atoms with Gasteiger partial charge in [-0.3, -0.25) is 4.79 Å². The van der Waals surface area contributed by atoms with E-state index in [0.717, 1.165) is 5.56 Å². The van der Waals surface area contributed by atoms with Crippen LogP contribution in [-0.4, -0.2) is 57.6 Å². The van der Waals surface area contributed by atoms with E-state index in [2.05, 4.69) is 25.6 Å². The van der Waals surface area contributed by atoms with Gasteiger partial charge >= 0.3 is 0 Å². The molecule has 3 aromatic heterocycles. The number of nitrogens with zero attached hydrogens (tertiary/aromatic N) is 5. The zero-order valence-corrected chi connectivity index (χ0v) is 17.7. The zero-order valence-electron chi connectivity index (χ0n) is 17.7. The summed E-state index contributed by atoms with van der Waals surface area (Å²) in [6.07, 6.45) is 1.58. The minimum atomic E-state index is -0.285. The molecule has 0 radical (unpaired) electrons. The Labute approximate surface area is 184 Å². The van der Waals surface area contributed by atoms with Crippen molar-refractivity contribution in [1.82, 2.24) is 30.1 Å². The van der Waals surface area contributed by atoms with Gasteiger partial charge in [0.05, 0.1) is 20.3 Å². The molecule has 0 aliphatic heterocycles. The first-order valence-corrected chi connectivity index (χ1v) is 10.0. The molecule has 0 saturated carbocycles. The Balaban J connectivity index is 1.40. The number of hydrogen-bond donors (Lipinski definition) is 1. The Hall–Kier alpha value is -4.21. The summed E-state index contributed by atoms with van der Waals surface area (Å²) >= 11 is 0. The molecule has 1 amide bonds. The van der Waals surface area contributed by atoms with Gasteiger partial charge in [0.2, 0.25) is 11.8 Å². The van der Waals surface area contributed by atoms with Crippen LogP contribution in [0.25, 0.3) is 17.0 Å². The SMILES string of the molecule is CCOc1ncccc1C(=O)NCCOc1ccc2nnc(-c3cccc(OC)c3)n2n1. The Bertz CT molecular complexity index is 1230. The molecule has 3 heterocycles. The van der Waals surface area contributed by atoms with Crippen LogP contribution in [0.5, 0.6) is 17.5 Å². The lowest BCUT2D eigenvalue weighted by Gasteiger charge is -2.10. The summed E-state index contributed by atoms with van der Waals surface area (Å²) in [4.78, 5) is 16.5. The standard InChI is InChI=1S/C22H22N6O4/c1-3-31-22-17(8-5-11-24-22)21(29)23-12-13-32-19-10-9-18-25-26-20(28(18)27-19)15-6-4-7-16(14-15)30-2/h4-11,14H,3,12-13H2,1-2H3,(H,23,29). The molecule has 4 aromatic rings. The van der Waals surface area contributed by atoms with E-state index in [1.807, 2.05) is 31.2 Å². The fraction of sp³-hybridized carbons (Fsp3) is 0.227. The van der Waals surface area contributed by atoms with Crippen molar-refractivity contribution in [3.63, 3.8) is 0 Å². The van der Waals surface area contributed by atoms with Crippen LogP contribution in [0.3, 0.4) is 0 Å². The van der Waals surface area contributed by atoms with Crippen molar-refractivity contribution in [2.24, 2.45) is 0 Å². The number of methoxy groups -OCH3 is 1.